The first kappa shape index (κ1) is 27.8. The summed E-state index contributed by atoms with van der Waals surface area (Å²) in [7, 11) is 0. The molecule has 0 heterocycles. The molecule has 0 aromatic heterocycles. The fraction of sp³-hybridized carbons (Fsp3) is 0. The van der Waals surface area contributed by atoms with Crippen LogP contribution < -0.4 is 0 Å². The minimum atomic E-state index is 1.35. The second kappa shape index (κ2) is 8.36. The molecule has 19 aromatic carbocycles. The lowest BCUT2D eigenvalue weighted by Crippen LogP contribution is -2.02. The van der Waals surface area contributed by atoms with Gasteiger partial charge >= 0.3 is 0 Å². The molecule has 0 unspecified atom stereocenters. The summed E-state index contributed by atoms with van der Waals surface area (Å²) in [6, 6.07) is 57.2. The normalized spacial score (nSPS) is 14.0. The predicted octanol–water partition coefficient (Wildman–Crippen LogP) is 17.4. The van der Waals surface area contributed by atoms with Gasteiger partial charge in [0.05, 0.1) is 0 Å². The lowest BCUT2D eigenvalue weighted by molar-refractivity contribution is 1.81. The Labute approximate surface area is 338 Å². The Morgan fingerprint density at radius 1 is 0.100 bits per heavy atom. The van der Waals surface area contributed by atoms with E-state index in [1.54, 1.807) is 0 Å². The standard InChI is InChI=1S/C60H24/c1-2-8-26-25(7-1)31-13-19-37-39-21-15-33-27-9-3-4-10-28(27)35-17-23-41-42-24-18-36-30-12-6-5-11-29(30)34-16-22-40-38-20-14-32(26)44-43(31)49(37)55-56(50(38)44)58-52(40)47(34)48(36)54(42)60(58)59-53(41)46(35)45(33)51(39)57(55)59/h1-24H. The van der Waals surface area contributed by atoms with Crippen molar-refractivity contribution >= 4 is 194 Å². The Morgan fingerprint density at radius 2 is 0.217 bits per heavy atom. The van der Waals surface area contributed by atoms with Crippen LogP contribution in [0, 0.1) is 0 Å². The third kappa shape index (κ3) is 2.44. The fourth-order valence-corrected chi connectivity index (χ4v) is 14.5. The molecule has 0 heteroatoms. The van der Waals surface area contributed by atoms with Crippen molar-refractivity contribution in [3.63, 3.8) is 0 Å². The van der Waals surface area contributed by atoms with Gasteiger partial charge in [0.15, 0.2) is 0 Å². The maximum absolute atomic E-state index is 2.49. The summed E-state index contributed by atoms with van der Waals surface area (Å²) >= 11 is 0. The van der Waals surface area contributed by atoms with Crippen LogP contribution in [0.3, 0.4) is 0 Å². The molecule has 0 saturated carbocycles. The predicted molar refractivity (Wildman–Crippen MR) is 262 cm³/mol. The zero-order chi connectivity index (χ0) is 37.8. The number of hydrogen-bond donors (Lipinski definition) is 0. The number of fused-ring (bicyclic) bond motifs is 12. The summed E-state index contributed by atoms with van der Waals surface area (Å²) in [5.41, 5.74) is 0. The van der Waals surface area contributed by atoms with E-state index in [4.69, 9.17) is 0 Å². The summed E-state index contributed by atoms with van der Waals surface area (Å²) < 4.78 is 0. The van der Waals surface area contributed by atoms with Crippen molar-refractivity contribution in [3.8, 4) is 0 Å². The highest BCUT2D eigenvalue weighted by atomic mass is 14.4. The zero-order valence-corrected chi connectivity index (χ0v) is 31.9. The van der Waals surface area contributed by atoms with Crippen LogP contribution in [-0.2, 0) is 0 Å². The Morgan fingerprint density at radius 3 is 0.367 bits per heavy atom. The van der Waals surface area contributed by atoms with E-state index in [1.165, 1.54) is 194 Å². The second-order valence-electron chi connectivity index (χ2n) is 18.4. The molecule has 0 bridgehead atoms. The summed E-state index contributed by atoms with van der Waals surface area (Å²) in [5.74, 6) is 0. The van der Waals surface area contributed by atoms with Gasteiger partial charge in [0.1, 0.15) is 0 Å². The van der Waals surface area contributed by atoms with Crippen molar-refractivity contribution in [2.24, 2.45) is 0 Å². The molecule has 19 rings (SSSR count). The molecule has 0 amide bonds. The van der Waals surface area contributed by atoms with Gasteiger partial charge < -0.3 is 0 Å². The highest BCUT2D eigenvalue weighted by molar-refractivity contribution is 6.65. The molecule has 0 atom stereocenters. The molecule has 19 aromatic rings. The van der Waals surface area contributed by atoms with E-state index in [0.717, 1.165) is 0 Å². The largest absolute Gasteiger partial charge is 0.0616 e. The molecule has 0 fully saturated rings. The third-order valence-corrected chi connectivity index (χ3v) is 16.4. The van der Waals surface area contributed by atoms with Crippen molar-refractivity contribution in [3.05, 3.63) is 146 Å². The third-order valence-electron chi connectivity index (χ3n) is 16.4. The van der Waals surface area contributed by atoms with E-state index in [9.17, 15) is 0 Å². The van der Waals surface area contributed by atoms with E-state index < -0.39 is 0 Å². The summed E-state index contributed by atoms with van der Waals surface area (Å²) in [6.45, 7) is 0. The lowest BCUT2D eigenvalue weighted by atomic mass is 9.70. The maximum atomic E-state index is 2.49. The quantitative estimate of drug-likeness (QED) is 0.107. The van der Waals surface area contributed by atoms with Crippen LogP contribution in [0.15, 0.2) is 146 Å². The van der Waals surface area contributed by atoms with Crippen molar-refractivity contribution in [1.82, 2.24) is 0 Å². The Kier molecular flexibility index (Phi) is 3.87. The Hall–Kier alpha value is -7.80. The number of hydrogen-bond acceptors (Lipinski definition) is 0. The van der Waals surface area contributed by atoms with Gasteiger partial charge in [-0.25, -0.2) is 0 Å². The molecule has 0 spiro atoms. The van der Waals surface area contributed by atoms with E-state index in [-0.39, 0.29) is 0 Å². The highest BCUT2D eigenvalue weighted by Gasteiger charge is 2.34. The van der Waals surface area contributed by atoms with Crippen LogP contribution in [0.2, 0.25) is 0 Å². The molecule has 264 valence electrons. The average molecular weight is 745 g/mol. The van der Waals surface area contributed by atoms with Crippen molar-refractivity contribution < 1.29 is 0 Å². The summed E-state index contributed by atoms with van der Waals surface area (Å²) in [4.78, 5) is 0. The number of rotatable bonds is 0. The first-order valence-electron chi connectivity index (χ1n) is 21.4. The smallest absolute Gasteiger partial charge is 0.0000242 e. The highest BCUT2D eigenvalue weighted by Crippen LogP contribution is 2.64. The van der Waals surface area contributed by atoms with Gasteiger partial charge in [0.2, 0.25) is 0 Å². The first-order valence-corrected chi connectivity index (χ1v) is 21.4. The molecule has 0 aliphatic heterocycles. The lowest BCUT2D eigenvalue weighted by Gasteiger charge is -2.31. The molecular weight excluding hydrogens is 721 g/mol. The average Bonchev–Trinajstić information content (AvgIpc) is 3.31. The Balaban J connectivity index is 1.32. The monoisotopic (exact) mass is 744 g/mol. The van der Waals surface area contributed by atoms with E-state index >= 15 is 0 Å². The molecule has 0 aliphatic carbocycles. The van der Waals surface area contributed by atoms with E-state index in [2.05, 4.69) is 146 Å². The van der Waals surface area contributed by atoms with E-state index in [1.807, 2.05) is 0 Å². The molecule has 0 saturated heterocycles. The molecular formula is C60H24. The van der Waals surface area contributed by atoms with Crippen molar-refractivity contribution in [2.75, 3.05) is 0 Å². The van der Waals surface area contributed by atoms with Crippen molar-refractivity contribution in [1.29, 1.82) is 0 Å². The Bertz CT molecular complexity index is 4280. The number of benzene rings is 19. The van der Waals surface area contributed by atoms with Crippen molar-refractivity contribution in [2.45, 2.75) is 0 Å². The van der Waals surface area contributed by atoms with Gasteiger partial charge in [-0.15, -0.1) is 0 Å². The van der Waals surface area contributed by atoms with Gasteiger partial charge in [-0.1, -0.05) is 146 Å². The second-order valence-corrected chi connectivity index (χ2v) is 18.4. The van der Waals surface area contributed by atoms with Crippen LogP contribution in [-0.4, -0.2) is 0 Å². The topological polar surface area (TPSA) is 0 Å². The van der Waals surface area contributed by atoms with Crippen LogP contribution in [0.25, 0.3) is 194 Å². The van der Waals surface area contributed by atoms with Crippen LogP contribution >= 0.6 is 0 Å². The van der Waals surface area contributed by atoms with Crippen LogP contribution in [0.5, 0.6) is 0 Å². The molecule has 0 radical (unpaired) electrons. The van der Waals surface area contributed by atoms with Gasteiger partial charge in [-0.2, -0.15) is 0 Å². The van der Waals surface area contributed by atoms with Crippen LogP contribution in [0.1, 0.15) is 0 Å². The summed E-state index contributed by atoms with van der Waals surface area (Å²) in [6.07, 6.45) is 0. The van der Waals surface area contributed by atoms with Gasteiger partial charge in [0, 0.05) is 0 Å². The van der Waals surface area contributed by atoms with Gasteiger partial charge in [-0.05, 0) is 194 Å². The van der Waals surface area contributed by atoms with E-state index in [0.29, 0.717) is 0 Å². The minimum absolute atomic E-state index is 1.35. The minimum Gasteiger partial charge on any atom is -0.0616 e. The van der Waals surface area contributed by atoms with Gasteiger partial charge in [-0.3, -0.25) is 0 Å². The SMILES string of the molecule is c1ccc2c(c1)c1ccc3c4ccc5c6ccccc6c6ccc7c8ccc9c%10ccccc%10c%10ccc%11c%12ccc2c2c1c3c1c(c%122)c2c%11c%10c9c8c2c2c7c6c5c4c12. The summed E-state index contributed by atoms with van der Waals surface area (Å²) in [5, 5.41) is 50.8. The fourth-order valence-electron chi connectivity index (χ4n) is 14.5. The first-order chi connectivity index (χ1) is 29.8. The molecule has 0 nitrogen and oxygen atoms in total. The molecule has 60 heavy (non-hydrogen) atoms. The van der Waals surface area contributed by atoms with Gasteiger partial charge in [0.25, 0.3) is 0 Å². The molecule has 0 aliphatic rings. The zero-order valence-electron chi connectivity index (χ0n) is 31.9. The maximum Gasteiger partial charge on any atom is -0.0000242 e. The molecule has 0 N–H and O–H groups in total. The van der Waals surface area contributed by atoms with Crippen LogP contribution in [0.4, 0.5) is 0 Å².